The van der Waals surface area contributed by atoms with Crippen molar-refractivity contribution in [2.45, 2.75) is 65.2 Å². The van der Waals surface area contributed by atoms with Gasteiger partial charge in [0.1, 0.15) is 6.10 Å². The zero-order chi connectivity index (χ0) is 18.7. The van der Waals surface area contributed by atoms with Gasteiger partial charge in [-0.15, -0.1) is 0 Å². The van der Waals surface area contributed by atoms with Crippen LogP contribution in [0.15, 0.2) is 30.3 Å². The van der Waals surface area contributed by atoms with E-state index in [2.05, 4.69) is 0 Å². The Morgan fingerprint density at radius 3 is 2.08 bits per heavy atom. The highest BCUT2D eigenvalue weighted by atomic mass is 19.4. The van der Waals surface area contributed by atoms with Crippen molar-refractivity contribution in [2.75, 3.05) is 0 Å². The summed E-state index contributed by atoms with van der Waals surface area (Å²) in [5.41, 5.74) is -2.61. The second-order valence-electron chi connectivity index (χ2n) is 7.79. The van der Waals surface area contributed by atoms with Crippen molar-refractivity contribution in [3.8, 4) is 0 Å². The Morgan fingerprint density at radius 2 is 1.60 bits per heavy atom. The van der Waals surface area contributed by atoms with Crippen LogP contribution in [0.3, 0.4) is 0 Å². The Balaban J connectivity index is 2.25. The molecule has 1 fully saturated rings. The molecule has 1 aromatic rings. The van der Waals surface area contributed by atoms with Crippen LogP contribution >= 0.6 is 0 Å². The molecule has 0 amide bonds. The highest BCUT2D eigenvalue weighted by Crippen LogP contribution is 2.56. The molecule has 1 saturated carbocycles. The van der Waals surface area contributed by atoms with E-state index in [0.29, 0.717) is 12.8 Å². The molecule has 0 aromatic heterocycles. The number of carbonyl (C=O) groups is 1. The van der Waals surface area contributed by atoms with E-state index in [1.165, 1.54) is 12.1 Å². The number of carbonyl (C=O) groups excluding carboxylic acids is 1. The SMILES string of the molecule is CC(C)(C)C(OOC(=O)c1ccccc1)C1(C(F)(F)F)CCCCC1. The first-order valence-electron chi connectivity index (χ1n) is 8.57. The number of halogens is 3. The first kappa shape index (κ1) is 19.8. The molecule has 0 N–H and O–H groups in total. The summed E-state index contributed by atoms with van der Waals surface area (Å²) in [6.45, 7) is 5.03. The van der Waals surface area contributed by atoms with Gasteiger partial charge in [0.25, 0.3) is 0 Å². The van der Waals surface area contributed by atoms with Crippen LogP contribution in [0.2, 0.25) is 0 Å². The van der Waals surface area contributed by atoms with Crippen molar-refractivity contribution in [1.29, 1.82) is 0 Å². The summed E-state index contributed by atoms with van der Waals surface area (Å²) in [6.07, 6.45) is -3.97. The van der Waals surface area contributed by atoms with Crippen LogP contribution in [-0.2, 0) is 9.78 Å². The molecule has 6 heteroatoms. The lowest BCUT2D eigenvalue weighted by molar-refractivity contribution is -0.369. The van der Waals surface area contributed by atoms with Crippen LogP contribution in [0.25, 0.3) is 0 Å². The van der Waals surface area contributed by atoms with E-state index in [0.717, 1.165) is 6.42 Å². The zero-order valence-electron chi connectivity index (χ0n) is 14.9. The largest absolute Gasteiger partial charge is 0.397 e. The number of rotatable bonds is 4. The van der Waals surface area contributed by atoms with Crippen molar-refractivity contribution in [1.82, 2.24) is 0 Å². The average molecular weight is 358 g/mol. The van der Waals surface area contributed by atoms with Gasteiger partial charge in [-0.3, -0.25) is 4.89 Å². The molecule has 0 heterocycles. The van der Waals surface area contributed by atoms with Gasteiger partial charge in [-0.1, -0.05) is 58.2 Å². The van der Waals surface area contributed by atoms with Gasteiger partial charge in [0.2, 0.25) is 0 Å². The molecule has 0 spiro atoms. The van der Waals surface area contributed by atoms with E-state index in [1.54, 1.807) is 39.0 Å². The van der Waals surface area contributed by atoms with Crippen molar-refractivity contribution in [3.05, 3.63) is 35.9 Å². The van der Waals surface area contributed by atoms with Crippen molar-refractivity contribution in [2.24, 2.45) is 10.8 Å². The molecule has 1 unspecified atom stereocenters. The van der Waals surface area contributed by atoms with Crippen molar-refractivity contribution in [3.63, 3.8) is 0 Å². The second kappa shape index (κ2) is 7.36. The van der Waals surface area contributed by atoms with Gasteiger partial charge in [0, 0.05) is 0 Å². The first-order chi connectivity index (χ1) is 11.6. The van der Waals surface area contributed by atoms with Gasteiger partial charge in [-0.25, -0.2) is 4.79 Å². The predicted octanol–water partition coefficient (Wildman–Crippen LogP) is 5.70. The Labute approximate surface area is 146 Å². The number of alkyl halides is 3. The summed E-state index contributed by atoms with van der Waals surface area (Å²) >= 11 is 0. The second-order valence-corrected chi connectivity index (χ2v) is 7.79. The Bertz CT molecular complexity index is 570. The quantitative estimate of drug-likeness (QED) is 0.511. The molecule has 3 nitrogen and oxygen atoms in total. The Morgan fingerprint density at radius 1 is 1.04 bits per heavy atom. The maximum Gasteiger partial charge on any atom is 0.397 e. The molecule has 1 aliphatic rings. The molecule has 1 atom stereocenters. The summed E-state index contributed by atoms with van der Waals surface area (Å²) < 4.78 is 42.0. The lowest BCUT2D eigenvalue weighted by Crippen LogP contribution is -2.55. The van der Waals surface area contributed by atoms with Gasteiger partial charge in [-0.2, -0.15) is 18.1 Å². The normalized spacial score (nSPS) is 19.3. The molecule has 0 bridgehead atoms. The fourth-order valence-electron chi connectivity index (χ4n) is 3.66. The zero-order valence-corrected chi connectivity index (χ0v) is 14.9. The third-order valence-corrected chi connectivity index (χ3v) is 4.83. The summed E-state index contributed by atoms with van der Waals surface area (Å²) in [5.74, 6) is -0.789. The minimum atomic E-state index is -4.43. The smallest absolute Gasteiger partial charge is 0.292 e. The van der Waals surface area contributed by atoms with E-state index in [-0.39, 0.29) is 18.4 Å². The third kappa shape index (κ3) is 4.35. The van der Waals surface area contributed by atoms with E-state index in [1.807, 2.05) is 0 Å². The Hall–Kier alpha value is -1.56. The summed E-state index contributed by atoms with van der Waals surface area (Å²) in [6, 6.07) is 8.08. The van der Waals surface area contributed by atoms with Gasteiger partial charge in [0.15, 0.2) is 0 Å². The van der Waals surface area contributed by atoms with E-state index in [4.69, 9.17) is 9.78 Å². The summed E-state index contributed by atoms with van der Waals surface area (Å²) in [7, 11) is 0. The minimum Gasteiger partial charge on any atom is -0.292 e. The molecular weight excluding hydrogens is 333 g/mol. The highest BCUT2D eigenvalue weighted by molar-refractivity contribution is 5.88. The number of hydrogen-bond acceptors (Lipinski definition) is 3. The highest BCUT2D eigenvalue weighted by Gasteiger charge is 2.63. The van der Waals surface area contributed by atoms with Crippen molar-refractivity contribution >= 4 is 5.97 Å². The van der Waals surface area contributed by atoms with Crippen LogP contribution in [0.1, 0.15) is 63.2 Å². The lowest BCUT2D eigenvalue weighted by Gasteiger charge is -2.47. The number of benzene rings is 1. The van der Waals surface area contributed by atoms with Crippen LogP contribution in [0.4, 0.5) is 13.2 Å². The predicted molar refractivity (Wildman–Crippen MR) is 87.8 cm³/mol. The Kier molecular flexibility index (Phi) is 5.82. The summed E-state index contributed by atoms with van der Waals surface area (Å²) in [4.78, 5) is 22.2. The molecular formula is C19H25F3O3. The molecule has 1 aromatic carbocycles. The molecule has 0 aliphatic heterocycles. The lowest BCUT2D eigenvalue weighted by atomic mass is 9.63. The maximum atomic E-state index is 14.0. The summed E-state index contributed by atoms with van der Waals surface area (Å²) in [5, 5.41) is 0. The molecule has 0 saturated heterocycles. The monoisotopic (exact) mass is 358 g/mol. The average Bonchev–Trinajstić information content (AvgIpc) is 2.54. The van der Waals surface area contributed by atoms with Crippen LogP contribution in [0, 0.1) is 10.8 Å². The van der Waals surface area contributed by atoms with Gasteiger partial charge in [-0.05, 0) is 30.4 Å². The van der Waals surface area contributed by atoms with Crippen molar-refractivity contribution < 1.29 is 27.7 Å². The standard InChI is InChI=1S/C19H25F3O3/c1-17(2,3)16(18(19(20,21)22)12-8-5-9-13-18)25-24-15(23)14-10-6-4-7-11-14/h4,6-7,10-11,16H,5,8-9,12-13H2,1-3H3. The minimum absolute atomic E-state index is 0.0126. The maximum absolute atomic E-state index is 14.0. The van der Waals surface area contributed by atoms with E-state index in [9.17, 15) is 18.0 Å². The van der Waals surface area contributed by atoms with E-state index < -0.39 is 29.1 Å². The fraction of sp³-hybridized carbons (Fsp3) is 0.632. The van der Waals surface area contributed by atoms with Crippen LogP contribution in [0.5, 0.6) is 0 Å². The van der Waals surface area contributed by atoms with Gasteiger partial charge in [0.05, 0.1) is 11.0 Å². The third-order valence-electron chi connectivity index (χ3n) is 4.83. The molecule has 1 aliphatic carbocycles. The van der Waals surface area contributed by atoms with Crippen LogP contribution in [-0.4, -0.2) is 18.2 Å². The van der Waals surface area contributed by atoms with E-state index >= 15 is 0 Å². The molecule has 140 valence electrons. The topological polar surface area (TPSA) is 35.5 Å². The van der Waals surface area contributed by atoms with Gasteiger partial charge < -0.3 is 0 Å². The number of hydrogen-bond donors (Lipinski definition) is 0. The molecule has 25 heavy (non-hydrogen) atoms. The van der Waals surface area contributed by atoms with Gasteiger partial charge >= 0.3 is 12.1 Å². The molecule has 0 radical (unpaired) electrons. The van der Waals surface area contributed by atoms with Crippen LogP contribution < -0.4 is 0 Å². The first-order valence-corrected chi connectivity index (χ1v) is 8.57. The fourth-order valence-corrected chi connectivity index (χ4v) is 3.66. The molecule has 2 rings (SSSR count).